The van der Waals surface area contributed by atoms with Crippen LogP contribution in [0.2, 0.25) is 5.02 Å². The van der Waals surface area contributed by atoms with Gasteiger partial charge in [0, 0.05) is 51.1 Å². The average Bonchev–Trinajstić information content (AvgIpc) is 3.01. The second-order valence-electron chi connectivity index (χ2n) is 4.62. The van der Waals surface area contributed by atoms with Crippen LogP contribution in [0.1, 0.15) is 4.88 Å². The first-order valence-corrected chi connectivity index (χ1v) is 8.45. The first kappa shape index (κ1) is 14.1. The Morgan fingerprint density at radius 3 is 2.95 bits per heavy atom. The molecule has 3 aromatic rings. The minimum absolute atomic E-state index is 0.786. The molecule has 5 heteroatoms. The van der Waals surface area contributed by atoms with E-state index in [0.717, 1.165) is 29.1 Å². The van der Waals surface area contributed by atoms with Crippen molar-refractivity contribution in [3.05, 3.63) is 56.3 Å². The highest BCUT2D eigenvalue weighted by atomic mass is 79.9. The highest BCUT2D eigenvalue weighted by molar-refractivity contribution is 9.10. The van der Waals surface area contributed by atoms with Gasteiger partial charge in [0.15, 0.2) is 0 Å². The lowest BCUT2D eigenvalue weighted by molar-refractivity contribution is 0.613. The maximum Gasteiger partial charge on any atom is 0.0495 e. The molecule has 0 saturated carbocycles. The van der Waals surface area contributed by atoms with Crippen molar-refractivity contribution in [2.24, 2.45) is 0 Å². The standard InChI is InChI=1S/C15H14BrClN2S/c16-12-7-14(20-10-12)9-18-4-6-19-5-3-11-1-2-13(17)8-15(11)19/h1-3,5,7-8,10,18H,4,6,9H2. The first-order valence-electron chi connectivity index (χ1n) is 6.40. The minimum atomic E-state index is 0.786. The Balaban J connectivity index is 1.58. The van der Waals surface area contributed by atoms with Crippen molar-refractivity contribution in [2.45, 2.75) is 13.1 Å². The molecule has 1 N–H and O–H groups in total. The fourth-order valence-electron chi connectivity index (χ4n) is 2.21. The van der Waals surface area contributed by atoms with Crippen LogP contribution in [-0.4, -0.2) is 11.1 Å². The molecule has 0 saturated heterocycles. The molecule has 104 valence electrons. The highest BCUT2D eigenvalue weighted by Crippen LogP contribution is 2.21. The van der Waals surface area contributed by atoms with Gasteiger partial charge in [0.05, 0.1) is 0 Å². The number of hydrogen-bond donors (Lipinski definition) is 1. The van der Waals surface area contributed by atoms with Crippen molar-refractivity contribution in [1.82, 2.24) is 9.88 Å². The highest BCUT2D eigenvalue weighted by Gasteiger charge is 2.02. The summed E-state index contributed by atoms with van der Waals surface area (Å²) in [4.78, 5) is 1.34. The molecule has 0 spiro atoms. The van der Waals surface area contributed by atoms with Crippen molar-refractivity contribution in [3.8, 4) is 0 Å². The summed E-state index contributed by atoms with van der Waals surface area (Å²) in [5.41, 5.74) is 1.19. The zero-order valence-electron chi connectivity index (χ0n) is 10.8. The Labute approximate surface area is 135 Å². The van der Waals surface area contributed by atoms with Gasteiger partial charge < -0.3 is 9.88 Å². The second kappa shape index (κ2) is 6.31. The zero-order valence-corrected chi connectivity index (χ0v) is 13.9. The molecule has 0 aliphatic heterocycles. The monoisotopic (exact) mass is 368 g/mol. The van der Waals surface area contributed by atoms with Gasteiger partial charge in [0.2, 0.25) is 0 Å². The van der Waals surface area contributed by atoms with Gasteiger partial charge in [0.25, 0.3) is 0 Å². The summed E-state index contributed by atoms with van der Waals surface area (Å²) in [5, 5.41) is 7.60. The maximum atomic E-state index is 6.06. The lowest BCUT2D eigenvalue weighted by Crippen LogP contribution is -2.18. The number of thiophene rings is 1. The Morgan fingerprint density at radius 2 is 2.15 bits per heavy atom. The van der Waals surface area contributed by atoms with Crippen LogP contribution in [0, 0.1) is 0 Å². The van der Waals surface area contributed by atoms with Crippen LogP contribution in [0.15, 0.2) is 46.4 Å². The third-order valence-electron chi connectivity index (χ3n) is 3.19. The minimum Gasteiger partial charge on any atom is -0.346 e. The summed E-state index contributed by atoms with van der Waals surface area (Å²) >= 11 is 11.3. The largest absolute Gasteiger partial charge is 0.346 e. The Hall–Kier alpha value is -0.810. The molecule has 0 atom stereocenters. The van der Waals surface area contributed by atoms with E-state index in [2.05, 4.69) is 55.6 Å². The molecule has 0 bridgehead atoms. The quantitative estimate of drug-likeness (QED) is 0.632. The number of nitrogens with zero attached hydrogens (tertiary/aromatic N) is 1. The van der Waals surface area contributed by atoms with Crippen LogP contribution in [0.4, 0.5) is 0 Å². The van der Waals surface area contributed by atoms with E-state index >= 15 is 0 Å². The molecule has 0 fully saturated rings. The number of aromatic nitrogens is 1. The summed E-state index contributed by atoms with van der Waals surface area (Å²) in [6, 6.07) is 10.3. The number of hydrogen-bond acceptors (Lipinski definition) is 2. The smallest absolute Gasteiger partial charge is 0.0495 e. The van der Waals surface area contributed by atoms with Crippen molar-refractivity contribution >= 4 is 49.8 Å². The molecule has 2 nitrogen and oxygen atoms in total. The van der Waals surface area contributed by atoms with Gasteiger partial charge in [0.1, 0.15) is 0 Å². The van der Waals surface area contributed by atoms with E-state index in [9.17, 15) is 0 Å². The fourth-order valence-corrected chi connectivity index (χ4v) is 3.80. The third-order valence-corrected chi connectivity index (χ3v) is 5.12. The van der Waals surface area contributed by atoms with E-state index in [-0.39, 0.29) is 0 Å². The van der Waals surface area contributed by atoms with Crippen LogP contribution < -0.4 is 5.32 Å². The normalized spacial score (nSPS) is 11.3. The van der Waals surface area contributed by atoms with Crippen molar-refractivity contribution in [3.63, 3.8) is 0 Å². The molecule has 0 amide bonds. The van der Waals surface area contributed by atoms with E-state index in [1.54, 1.807) is 11.3 Å². The summed E-state index contributed by atoms with van der Waals surface area (Å²) in [5.74, 6) is 0. The van der Waals surface area contributed by atoms with Crippen molar-refractivity contribution in [2.75, 3.05) is 6.54 Å². The van der Waals surface area contributed by atoms with E-state index < -0.39 is 0 Å². The van der Waals surface area contributed by atoms with E-state index in [1.165, 1.54) is 15.8 Å². The summed E-state index contributed by atoms with van der Waals surface area (Å²) < 4.78 is 3.39. The molecule has 2 aromatic heterocycles. The van der Waals surface area contributed by atoms with Gasteiger partial charge in [-0.25, -0.2) is 0 Å². The van der Waals surface area contributed by atoms with Crippen molar-refractivity contribution in [1.29, 1.82) is 0 Å². The molecule has 0 radical (unpaired) electrons. The molecule has 0 aliphatic carbocycles. The molecular weight excluding hydrogens is 356 g/mol. The Morgan fingerprint density at radius 1 is 1.25 bits per heavy atom. The van der Waals surface area contributed by atoms with Gasteiger partial charge in [-0.1, -0.05) is 17.7 Å². The molecule has 20 heavy (non-hydrogen) atoms. The second-order valence-corrected chi connectivity index (χ2v) is 6.97. The molecule has 0 unspecified atom stereocenters. The first-order chi connectivity index (χ1) is 9.72. The predicted octanol–water partition coefficient (Wildman–Crippen LogP) is 4.91. The number of benzene rings is 1. The molecule has 3 rings (SSSR count). The van der Waals surface area contributed by atoms with Gasteiger partial charge in [-0.15, -0.1) is 11.3 Å². The van der Waals surface area contributed by atoms with Crippen LogP contribution >= 0.6 is 38.9 Å². The number of rotatable bonds is 5. The van der Waals surface area contributed by atoms with Crippen LogP contribution in [0.5, 0.6) is 0 Å². The fraction of sp³-hybridized carbons (Fsp3) is 0.200. The predicted molar refractivity (Wildman–Crippen MR) is 90.7 cm³/mol. The topological polar surface area (TPSA) is 17.0 Å². The van der Waals surface area contributed by atoms with Gasteiger partial charge in [-0.2, -0.15) is 0 Å². The molecule has 1 aromatic carbocycles. The van der Waals surface area contributed by atoms with E-state index in [4.69, 9.17) is 11.6 Å². The number of halogens is 2. The lowest BCUT2D eigenvalue weighted by Gasteiger charge is -2.07. The molecule has 2 heterocycles. The van der Waals surface area contributed by atoms with Gasteiger partial charge >= 0.3 is 0 Å². The van der Waals surface area contributed by atoms with Crippen LogP contribution in [0.25, 0.3) is 10.9 Å². The summed E-state index contributed by atoms with van der Waals surface area (Å²) in [6.45, 7) is 2.79. The van der Waals surface area contributed by atoms with Crippen molar-refractivity contribution < 1.29 is 0 Å². The SMILES string of the molecule is Clc1ccc2ccn(CCNCc3cc(Br)cs3)c2c1. The summed E-state index contributed by atoms with van der Waals surface area (Å²) in [6.07, 6.45) is 2.12. The van der Waals surface area contributed by atoms with E-state index in [0.29, 0.717) is 0 Å². The van der Waals surface area contributed by atoms with Crippen LogP contribution in [0.3, 0.4) is 0 Å². The van der Waals surface area contributed by atoms with Gasteiger partial charge in [-0.3, -0.25) is 0 Å². The lowest BCUT2D eigenvalue weighted by atomic mass is 10.2. The van der Waals surface area contributed by atoms with Crippen LogP contribution in [-0.2, 0) is 13.1 Å². The maximum absolute atomic E-state index is 6.06. The molecular formula is C15H14BrClN2S. The molecule has 0 aliphatic rings. The third kappa shape index (κ3) is 3.26. The summed E-state index contributed by atoms with van der Waals surface area (Å²) in [7, 11) is 0. The van der Waals surface area contributed by atoms with Gasteiger partial charge in [-0.05, 0) is 45.6 Å². The Bertz CT molecular complexity index is 720. The van der Waals surface area contributed by atoms with E-state index in [1.807, 2.05) is 12.1 Å². The number of fused-ring (bicyclic) bond motifs is 1. The zero-order chi connectivity index (χ0) is 13.9. The average molecular weight is 370 g/mol. The number of nitrogens with one attached hydrogen (secondary N) is 1. The Kier molecular flexibility index (Phi) is 4.46.